The van der Waals surface area contributed by atoms with Crippen molar-refractivity contribution in [2.24, 2.45) is 5.92 Å². The standard InChI is InChI=1S/C17H20ClN5O2.ClH/c18-12-3-1-2-4-13(12)23-16(10-5-6-10)21-15(22-23)17(25)20-8-11-7-19-9-14(11)24;/h1-4,10-11,14,19,24H,5-9H2,(H,20,25);1H. The number of nitrogens with one attached hydrogen (secondary N) is 2. The van der Waals surface area contributed by atoms with Gasteiger partial charge in [-0.15, -0.1) is 17.5 Å². The highest BCUT2D eigenvalue weighted by atomic mass is 35.5. The predicted molar refractivity (Wildman–Crippen MR) is 100 cm³/mol. The zero-order chi connectivity index (χ0) is 17.4. The molecule has 0 bridgehead atoms. The third-order valence-corrected chi connectivity index (χ3v) is 5.01. The van der Waals surface area contributed by atoms with Crippen LogP contribution in [0.1, 0.15) is 35.2 Å². The molecule has 1 aromatic heterocycles. The van der Waals surface area contributed by atoms with Gasteiger partial charge in [0.1, 0.15) is 5.82 Å². The van der Waals surface area contributed by atoms with Crippen LogP contribution in [-0.4, -0.2) is 51.5 Å². The van der Waals surface area contributed by atoms with E-state index in [1.807, 2.05) is 18.2 Å². The molecule has 26 heavy (non-hydrogen) atoms. The number of rotatable bonds is 5. The van der Waals surface area contributed by atoms with Gasteiger partial charge in [0.25, 0.3) is 5.91 Å². The molecular formula is C17H21Cl2N5O2. The summed E-state index contributed by atoms with van der Waals surface area (Å²) in [6, 6.07) is 7.40. The number of hydrogen-bond acceptors (Lipinski definition) is 5. The number of carbonyl (C=O) groups is 1. The summed E-state index contributed by atoms with van der Waals surface area (Å²) in [4.78, 5) is 16.9. The van der Waals surface area contributed by atoms with Gasteiger partial charge in [0.05, 0.1) is 16.8 Å². The normalized spacial score (nSPS) is 22.1. The number of halogens is 2. The molecule has 0 radical (unpaired) electrons. The molecule has 2 heterocycles. The van der Waals surface area contributed by atoms with Crippen molar-refractivity contribution in [3.8, 4) is 5.69 Å². The molecule has 140 valence electrons. The van der Waals surface area contributed by atoms with Crippen LogP contribution in [-0.2, 0) is 0 Å². The zero-order valence-corrected chi connectivity index (χ0v) is 15.6. The smallest absolute Gasteiger partial charge is 0.290 e. The summed E-state index contributed by atoms with van der Waals surface area (Å²) in [6.07, 6.45) is 1.66. The number of β-amino-alcohol motifs (C(OH)–C–C–N with tert-alkyl or cyclic N) is 1. The van der Waals surface area contributed by atoms with Gasteiger partial charge in [0, 0.05) is 31.5 Å². The van der Waals surface area contributed by atoms with E-state index >= 15 is 0 Å². The molecule has 0 spiro atoms. The number of amides is 1. The van der Waals surface area contributed by atoms with Gasteiger partial charge in [-0.05, 0) is 25.0 Å². The van der Waals surface area contributed by atoms with Crippen molar-refractivity contribution in [2.75, 3.05) is 19.6 Å². The van der Waals surface area contributed by atoms with E-state index in [1.165, 1.54) is 0 Å². The first-order valence-corrected chi connectivity index (χ1v) is 8.90. The minimum absolute atomic E-state index is 0. The molecule has 7 nitrogen and oxygen atoms in total. The number of aromatic nitrogens is 3. The summed E-state index contributed by atoms with van der Waals surface area (Å²) in [5, 5.41) is 20.7. The van der Waals surface area contributed by atoms with Crippen LogP contribution in [0.25, 0.3) is 5.69 Å². The highest BCUT2D eigenvalue weighted by Gasteiger charge is 2.32. The third-order valence-electron chi connectivity index (χ3n) is 4.69. The minimum Gasteiger partial charge on any atom is -0.391 e. The number of hydrogen-bond donors (Lipinski definition) is 3. The average molecular weight is 398 g/mol. The number of nitrogens with zero attached hydrogens (tertiary/aromatic N) is 3. The van der Waals surface area contributed by atoms with Gasteiger partial charge in [-0.1, -0.05) is 23.7 Å². The number of para-hydroxylation sites is 1. The molecule has 1 saturated heterocycles. The molecule has 1 amide bonds. The summed E-state index contributed by atoms with van der Waals surface area (Å²) in [5.41, 5.74) is 0.730. The minimum atomic E-state index is -0.434. The van der Waals surface area contributed by atoms with E-state index in [0.29, 0.717) is 30.6 Å². The van der Waals surface area contributed by atoms with Crippen LogP contribution in [0.3, 0.4) is 0 Å². The second-order valence-corrected chi connectivity index (χ2v) is 7.03. The summed E-state index contributed by atoms with van der Waals surface area (Å²) in [6.45, 7) is 1.65. The SMILES string of the molecule is Cl.O=C(NCC1CNCC1O)c1nc(C2CC2)n(-c2ccccc2Cl)n1. The molecule has 2 aliphatic rings. The Labute approximate surface area is 162 Å². The highest BCUT2D eigenvalue weighted by molar-refractivity contribution is 6.32. The van der Waals surface area contributed by atoms with Crippen molar-refractivity contribution < 1.29 is 9.90 Å². The van der Waals surface area contributed by atoms with Crippen LogP contribution in [0, 0.1) is 5.92 Å². The molecule has 1 aliphatic heterocycles. The fraction of sp³-hybridized carbons (Fsp3) is 0.471. The van der Waals surface area contributed by atoms with Crippen LogP contribution in [0.5, 0.6) is 0 Å². The van der Waals surface area contributed by atoms with Gasteiger partial charge in [-0.25, -0.2) is 9.67 Å². The van der Waals surface area contributed by atoms with Crippen LogP contribution in [0.4, 0.5) is 0 Å². The fourth-order valence-corrected chi connectivity index (χ4v) is 3.27. The van der Waals surface area contributed by atoms with E-state index in [-0.39, 0.29) is 30.1 Å². The average Bonchev–Trinajstić information content (AvgIpc) is 3.23. The Morgan fingerprint density at radius 3 is 2.77 bits per heavy atom. The van der Waals surface area contributed by atoms with Gasteiger partial charge >= 0.3 is 0 Å². The van der Waals surface area contributed by atoms with Gasteiger partial charge in [0.2, 0.25) is 5.82 Å². The molecular weight excluding hydrogens is 377 g/mol. The van der Waals surface area contributed by atoms with Crippen LogP contribution >= 0.6 is 24.0 Å². The van der Waals surface area contributed by atoms with Crippen molar-refractivity contribution >= 4 is 29.9 Å². The molecule has 2 unspecified atom stereocenters. The second kappa shape index (κ2) is 7.92. The van der Waals surface area contributed by atoms with E-state index in [2.05, 4.69) is 20.7 Å². The molecule has 9 heteroatoms. The van der Waals surface area contributed by atoms with Crippen LogP contribution in [0.15, 0.2) is 24.3 Å². The molecule has 3 N–H and O–H groups in total. The summed E-state index contributed by atoms with van der Waals surface area (Å²) >= 11 is 6.28. The lowest BCUT2D eigenvalue weighted by molar-refractivity contribution is 0.0917. The Balaban J connectivity index is 0.00000196. The van der Waals surface area contributed by atoms with Crippen molar-refractivity contribution in [3.63, 3.8) is 0 Å². The Kier molecular flexibility index (Phi) is 5.82. The Hall–Kier alpha value is -1.67. The Morgan fingerprint density at radius 2 is 2.12 bits per heavy atom. The Morgan fingerprint density at radius 1 is 1.35 bits per heavy atom. The topological polar surface area (TPSA) is 92.1 Å². The first-order valence-electron chi connectivity index (χ1n) is 8.52. The van der Waals surface area contributed by atoms with E-state index in [9.17, 15) is 9.90 Å². The monoisotopic (exact) mass is 397 g/mol. The molecule has 2 aromatic rings. The van der Waals surface area contributed by atoms with E-state index in [1.54, 1.807) is 10.7 Å². The lowest BCUT2D eigenvalue weighted by Crippen LogP contribution is -2.34. The van der Waals surface area contributed by atoms with Crippen LogP contribution < -0.4 is 10.6 Å². The maximum Gasteiger partial charge on any atom is 0.290 e. The van der Waals surface area contributed by atoms with E-state index in [4.69, 9.17) is 11.6 Å². The van der Waals surface area contributed by atoms with Gasteiger partial charge < -0.3 is 15.7 Å². The first-order chi connectivity index (χ1) is 12.1. The van der Waals surface area contributed by atoms with Crippen molar-refractivity contribution in [2.45, 2.75) is 24.9 Å². The lowest BCUT2D eigenvalue weighted by atomic mass is 10.1. The highest BCUT2D eigenvalue weighted by Crippen LogP contribution is 2.40. The van der Waals surface area contributed by atoms with Crippen LogP contribution in [0.2, 0.25) is 5.02 Å². The van der Waals surface area contributed by atoms with Crippen molar-refractivity contribution in [3.05, 3.63) is 40.9 Å². The first kappa shape index (κ1) is 19.1. The number of benzene rings is 1. The third kappa shape index (κ3) is 3.86. The zero-order valence-electron chi connectivity index (χ0n) is 14.1. The predicted octanol–water partition coefficient (Wildman–Crippen LogP) is 1.53. The molecule has 1 aliphatic carbocycles. The van der Waals surface area contributed by atoms with Gasteiger partial charge in [0.15, 0.2) is 0 Å². The number of carbonyl (C=O) groups excluding carboxylic acids is 1. The van der Waals surface area contributed by atoms with Gasteiger partial charge in [-0.3, -0.25) is 4.79 Å². The van der Waals surface area contributed by atoms with E-state index in [0.717, 1.165) is 24.4 Å². The number of aliphatic hydroxyl groups is 1. The van der Waals surface area contributed by atoms with E-state index < -0.39 is 6.10 Å². The summed E-state index contributed by atoms with van der Waals surface area (Å²) in [7, 11) is 0. The largest absolute Gasteiger partial charge is 0.391 e. The fourth-order valence-electron chi connectivity index (χ4n) is 3.06. The van der Waals surface area contributed by atoms with Gasteiger partial charge in [-0.2, -0.15) is 0 Å². The molecule has 2 fully saturated rings. The maximum atomic E-state index is 12.4. The summed E-state index contributed by atoms with van der Waals surface area (Å²) < 4.78 is 1.68. The molecule has 2 atom stereocenters. The second-order valence-electron chi connectivity index (χ2n) is 6.63. The quantitative estimate of drug-likeness (QED) is 0.711. The lowest BCUT2D eigenvalue weighted by Gasteiger charge is -2.12. The molecule has 1 aromatic carbocycles. The number of aliphatic hydroxyl groups excluding tert-OH is 1. The Bertz CT molecular complexity index is 793. The van der Waals surface area contributed by atoms with Crippen molar-refractivity contribution in [1.82, 2.24) is 25.4 Å². The molecule has 1 saturated carbocycles. The molecule has 4 rings (SSSR count). The van der Waals surface area contributed by atoms with Crippen molar-refractivity contribution in [1.29, 1.82) is 0 Å². The maximum absolute atomic E-state index is 12.4. The summed E-state index contributed by atoms with van der Waals surface area (Å²) in [5.74, 6) is 0.929.